The number of likely N-dealkylation sites (tertiary alicyclic amines) is 1. The van der Waals surface area contributed by atoms with Crippen LogP contribution in [0, 0.1) is 11.7 Å². The third-order valence-corrected chi connectivity index (χ3v) is 5.19. The van der Waals surface area contributed by atoms with E-state index in [2.05, 4.69) is 0 Å². The van der Waals surface area contributed by atoms with Crippen LogP contribution in [0.5, 0.6) is 0 Å². The molecule has 1 saturated heterocycles. The highest BCUT2D eigenvalue weighted by molar-refractivity contribution is 8.13. The fourth-order valence-corrected chi connectivity index (χ4v) is 3.63. The Morgan fingerprint density at radius 1 is 1.48 bits per heavy atom. The highest BCUT2D eigenvalue weighted by Crippen LogP contribution is 2.28. The molecule has 116 valence electrons. The lowest BCUT2D eigenvalue weighted by atomic mass is 10.1. The van der Waals surface area contributed by atoms with Crippen molar-refractivity contribution >= 4 is 37.2 Å². The quantitative estimate of drug-likeness (QED) is 0.783. The molecule has 1 atom stereocenters. The molecule has 21 heavy (non-hydrogen) atoms. The molecular weight excluding hydrogens is 340 g/mol. The average molecular weight is 354 g/mol. The summed E-state index contributed by atoms with van der Waals surface area (Å²) in [6.45, 7) is 3.08. The molecule has 0 aliphatic carbocycles. The predicted molar refractivity (Wildman–Crippen MR) is 78.8 cm³/mol. The first-order valence-electron chi connectivity index (χ1n) is 6.47. The van der Waals surface area contributed by atoms with E-state index < -0.39 is 25.7 Å². The van der Waals surface area contributed by atoms with Gasteiger partial charge in [-0.25, -0.2) is 12.8 Å². The smallest absolute Gasteiger partial charge is 0.264 e. The molecule has 1 aliphatic heterocycles. The number of rotatable bonds is 3. The van der Waals surface area contributed by atoms with Gasteiger partial charge in [0.15, 0.2) is 5.82 Å². The van der Waals surface area contributed by atoms with Crippen LogP contribution >= 0.6 is 22.3 Å². The predicted octanol–water partition coefficient (Wildman–Crippen LogP) is 3.28. The number of benzene rings is 1. The lowest BCUT2D eigenvalue weighted by Crippen LogP contribution is -2.29. The van der Waals surface area contributed by atoms with Crippen LogP contribution < -0.4 is 0 Å². The van der Waals surface area contributed by atoms with E-state index in [4.69, 9.17) is 22.3 Å². The molecule has 0 spiro atoms. The highest BCUT2D eigenvalue weighted by atomic mass is 35.7. The van der Waals surface area contributed by atoms with Crippen LogP contribution in [0.4, 0.5) is 4.39 Å². The second-order valence-corrected chi connectivity index (χ2v) is 7.99. The van der Waals surface area contributed by atoms with Gasteiger partial charge in [0, 0.05) is 28.8 Å². The summed E-state index contributed by atoms with van der Waals surface area (Å²) in [5, 5.41) is -0.0507. The van der Waals surface area contributed by atoms with Gasteiger partial charge in [-0.1, -0.05) is 24.9 Å². The number of halogens is 3. The minimum atomic E-state index is -4.31. The Hall–Kier alpha value is -0.850. The van der Waals surface area contributed by atoms with E-state index in [-0.39, 0.29) is 10.6 Å². The third kappa shape index (κ3) is 3.49. The number of carbonyl (C=O) groups excluding carboxylic acids is 1. The van der Waals surface area contributed by atoms with E-state index in [9.17, 15) is 17.6 Å². The van der Waals surface area contributed by atoms with Gasteiger partial charge in [-0.05, 0) is 24.5 Å². The zero-order valence-electron chi connectivity index (χ0n) is 11.3. The normalized spacial score (nSPS) is 19.0. The SMILES string of the molecule is CCC1CCN(C(=O)c2cc(Cl)cc(S(=O)(=O)Cl)c2F)C1. The number of nitrogens with zero attached hydrogens (tertiary/aromatic N) is 1. The van der Waals surface area contributed by atoms with Crippen LogP contribution in [0.1, 0.15) is 30.1 Å². The van der Waals surface area contributed by atoms with E-state index >= 15 is 0 Å². The molecule has 1 fully saturated rings. The van der Waals surface area contributed by atoms with Crippen LogP contribution in [0.25, 0.3) is 0 Å². The van der Waals surface area contributed by atoms with Crippen LogP contribution in [-0.4, -0.2) is 32.3 Å². The second-order valence-electron chi connectivity index (χ2n) is 5.02. The zero-order valence-corrected chi connectivity index (χ0v) is 13.6. The van der Waals surface area contributed by atoms with Gasteiger partial charge in [0.1, 0.15) is 4.90 Å². The van der Waals surface area contributed by atoms with Gasteiger partial charge < -0.3 is 4.90 Å². The van der Waals surface area contributed by atoms with Gasteiger partial charge in [-0.3, -0.25) is 4.79 Å². The number of hydrogen-bond donors (Lipinski definition) is 0. The molecule has 1 aromatic carbocycles. The number of amides is 1. The molecule has 1 unspecified atom stereocenters. The molecule has 1 aliphatic rings. The Balaban J connectivity index is 2.41. The number of hydrogen-bond acceptors (Lipinski definition) is 3. The molecule has 0 bridgehead atoms. The van der Waals surface area contributed by atoms with Crippen molar-refractivity contribution in [3.63, 3.8) is 0 Å². The van der Waals surface area contributed by atoms with E-state index in [0.717, 1.165) is 25.0 Å². The fraction of sp³-hybridized carbons (Fsp3) is 0.462. The molecule has 2 rings (SSSR count). The topological polar surface area (TPSA) is 54.5 Å². The van der Waals surface area contributed by atoms with Crippen molar-refractivity contribution in [1.82, 2.24) is 4.90 Å². The summed E-state index contributed by atoms with van der Waals surface area (Å²) in [6.07, 6.45) is 1.79. The fourth-order valence-electron chi connectivity index (χ4n) is 2.42. The maximum Gasteiger partial charge on any atom is 0.264 e. The monoisotopic (exact) mass is 353 g/mol. The van der Waals surface area contributed by atoms with Gasteiger partial charge in [0.2, 0.25) is 0 Å². The van der Waals surface area contributed by atoms with Crippen molar-refractivity contribution in [3.8, 4) is 0 Å². The Morgan fingerprint density at radius 3 is 2.67 bits per heavy atom. The van der Waals surface area contributed by atoms with Gasteiger partial charge >= 0.3 is 0 Å². The summed E-state index contributed by atoms with van der Waals surface area (Å²) in [5.74, 6) is -1.33. The van der Waals surface area contributed by atoms with Crippen molar-refractivity contribution in [2.75, 3.05) is 13.1 Å². The minimum absolute atomic E-state index is 0.0507. The Labute approximate surface area is 132 Å². The van der Waals surface area contributed by atoms with Crippen LogP contribution in [0.2, 0.25) is 5.02 Å². The van der Waals surface area contributed by atoms with E-state index in [0.29, 0.717) is 19.0 Å². The van der Waals surface area contributed by atoms with Gasteiger partial charge in [-0.2, -0.15) is 0 Å². The molecule has 4 nitrogen and oxygen atoms in total. The molecule has 0 radical (unpaired) electrons. The third-order valence-electron chi connectivity index (χ3n) is 3.65. The summed E-state index contributed by atoms with van der Waals surface area (Å²) in [6, 6.07) is 2.03. The first-order valence-corrected chi connectivity index (χ1v) is 9.15. The summed E-state index contributed by atoms with van der Waals surface area (Å²) >= 11 is 5.77. The molecule has 1 amide bonds. The number of carbonyl (C=O) groups is 1. The van der Waals surface area contributed by atoms with E-state index in [1.54, 1.807) is 0 Å². The van der Waals surface area contributed by atoms with Crippen molar-refractivity contribution in [3.05, 3.63) is 28.5 Å². The van der Waals surface area contributed by atoms with Crippen LogP contribution in [0.15, 0.2) is 17.0 Å². The molecular formula is C13H14Cl2FNO3S. The summed E-state index contributed by atoms with van der Waals surface area (Å²) in [7, 11) is 0.858. The van der Waals surface area contributed by atoms with Crippen molar-refractivity contribution in [2.45, 2.75) is 24.7 Å². The lowest BCUT2D eigenvalue weighted by Gasteiger charge is -2.17. The van der Waals surface area contributed by atoms with Crippen molar-refractivity contribution in [1.29, 1.82) is 0 Å². The summed E-state index contributed by atoms with van der Waals surface area (Å²) in [5.41, 5.74) is -0.363. The van der Waals surface area contributed by atoms with E-state index in [1.807, 2.05) is 6.92 Å². The maximum absolute atomic E-state index is 14.3. The van der Waals surface area contributed by atoms with Gasteiger partial charge in [-0.15, -0.1) is 0 Å². The van der Waals surface area contributed by atoms with Crippen molar-refractivity contribution < 1.29 is 17.6 Å². The Morgan fingerprint density at radius 2 is 2.14 bits per heavy atom. The molecule has 0 aromatic heterocycles. The first kappa shape index (κ1) is 16.5. The molecule has 1 aromatic rings. The largest absolute Gasteiger partial charge is 0.338 e. The Kier molecular flexibility index (Phi) is 4.80. The second kappa shape index (κ2) is 6.10. The van der Waals surface area contributed by atoms with Crippen LogP contribution in [-0.2, 0) is 9.05 Å². The van der Waals surface area contributed by atoms with Crippen molar-refractivity contribution in [2.24, 2.45) is 5.92 Å². The lowest BCUT2D eigenvalue weighted by molar-refractivity contribution is 0.0781. The highest BCUT2D eigenvalue weighted by Gasteiger charge is 2.30. The van der Waals surface area contributed by atoms with Crippen LogP contribution in [0.3, 0.4) is 0 Å². The van der Waals surface area contributed by atoms with E-state index in [1.165, 1.54) is 4.90 Å². The minimum Gasteiger partial charge on any atom is -0.338 e. The van der Waals surface area contributed by atoms with Gasteiger partial charge in [0.25, 0.3) is 15.0 Å². The zero-order chi connectivity index (χ0) is 15.8. The summed E-state index contributed by atoms with van der Waals surface area (Å²) < 4.78 is 36.9. The molecule has 0 saturated carbocycles. The maximum atomic E-state index is 14.3. The molecule has 0 N–H and O–H groups in total. The first-order chi connectivity index (χ1) is 9.74. The summed E-state index contributed by atoms with van der Waals surface area (Å²) in [4.78, 5) is 13.1. The molecule has 1 heterocycles. The molecule has 8 heteroatoms. The standard InChI is InChI=1S/C13H14Cl2FNO3S/c1-2-8-3-4-17(7-8)13(18)10-5-9(14)6-11(12(10)16)21(15,19)20/h5-6,8H,2-4,7H2,1H3. The average Bonchev–Trinajstić information content (AvgIpc) is 2.87. The Bertz CT molecular complexity index is 678. The van der Waals surface area contributed by atoms with Gasteiger partial charge in [0.05, 0.1) is 5.56 Å².